The van der Waals surface area contributed by atoms with Gasteiger partial charge >= 0.3 is 0 Å². The molecular weight excluding hydrogens is 174 g/mol. The van der Waals surface area contributed by atoms with Crippen molar-refractivity contribution in [3.63, 3.8) is 0 Å². The zero-order valence-electron chi connectivity index (χ0n) is 8.82. The lowest BCUT2D eigenvalue weighted by Gasteiger charge is -2.09. The normalized spacial score (nSPS) is 14.5. The molecule has 0 bridgehead atoms. The summed E-state index contributed by atoms with van der Waals surface area (Å²) in [5.41, 5.74) is 3.32. The lowest BCUT2D eigenvalue weighted by Crippen LogP contribution is -2.00. The van der Waals surface area contributed by atoms with Crippen molar-refractivity contribution in [1.82, 2.24) is 0 Å². The molecule has 0 saturated carbocycles. The average molecular weight is 189 g/mol. The highest BCUT2D eigenvalue weighted by Gasteiger charge is 2.07. The second-order valence-corrected chi connectivity index (χ2v) is 3.46. The summed E-state index contributed by atoms with van der Waals surface area (Å²) in [7, 11) is 0. The Bertz CT molecular complexity index is 341. The van der Waals surface area contributed by atoms with Gasteiger partial charge in [0.05, 0.1) is 0 Å². The summed E-state index contributed by atoms with van der Waals surface area (Å²) < 4.78 is 0. The highest BCUT2D eigenvalue weighted by Crippen LogP contribution is 2.20. The maximum absolute atomic E-state index is 10.4. The van der Waals surface area contributed by atoms with Gasteiger partial charge in [-0.25, -0.2) is 0 Å². The van der Waals surface area contributed by atoms with Gasteiger partial charge in [0.1, 0.15) is 6.04 Å². The summed E-state index contributed by atoms with van der Waals surface area (Å²) in [5.74, 6) is 0. The van der Waals surface area contributed by atoms with Crippen LogP contribution < -0.4 is 0 Å². The standard InChI is InChI=1S/C12H15NO/c1-9(11(3)13-14)10(2)12-7-5-4-6-8-12/h4-8,11H,1-3H3/b10-9-. The van der Waals surface area contributed by atoms with Crippen molar-refractivity contribution in [1.29, 1.82) is 0 Å². The van der Waals surface area contributed by atoms with Crippen molar-refractivity contribution in [2.45, 2.75) is 26.8 Å². The van der Waals surface area contributed by atoms with Crippen LogP contribution in [-0.2, 0) is 0 Å². The van der Waals surface area contributed by atoms with Crippen molar-refractivity contribution in [3.8, 4) is 0 Å². The van der Waals surface area contributed by atoms with Crippen molar-refractivity contribution in [2.75, 3.05) is 0 Å². The molecule has 0 aliphatic heterocycles. The van der Waals surface area contributed by atoms with Gasteiger partial charge in [-0.3, -0.25) is 0 Å². The number of hydrogen-bond acceptors (Lipinski definition) is 2. The fourth-order valence-corrected chi connectivity index (χ4v) is 1.31. The van der Waals surface area contributed by atoms with E-state index >= 15 is 0 Å². The first kappa shape index (κ1) is 10.6. The van der Waals surface area contributed by atoms with Crippen LogP contribution in [0.4, 0.5) is 0 Å². The molecule has 1 unspecified atom stereocenters. The van der Waals surface area contributed by atoms with Crippen LogP contribution in [0.2, 0.25) is 0 Å². The van der Waals surface area contributed by atoms with E-state index in [4.69, 9.17) is 0 Å². The zero-order valence-corrected chi connectivity index (χ0v) is 8.82. The lowest BCUT2D eigenvalue weighted by molar-refractivity contribution is 0.855. The first-order valence-corrected chi connectivity index (χ1v) is 4.72. The van der Waals surface area contributed by atoms with Crippen LogP contribution >= 0.6 is 0 Å². The molecule has 14 heavy (non-hydrogen) atoms. The van der Waals surface area contributed by atoms with E-state index < -0.39 is 0 Å². The average Bonchev–Trinajstić information content (AvgIpc) is 2.27. The first-order chi connectivity index (χ1) is 6.66. The van der Waals surface area contributed by atoms with Gasteiger partial charge in [0, 0.05) is 0 Å². The highest BCUT2D eigenvalue weighted by atomic mass is 16.3. The monoisotopic (exact) mass is 189 g/mol. The van der Waals surface area contributed by atoms with Gasteiger partial charge in [-0.2, -0.15) is 4.91 Å². The van der Waals surface area contributed by atoms with Crippen LogP contribution in [-0.4, -0.2) is 6.04 Å². The van der Waals surface area contributed by atoms with Crippen LogP contribution in [0.25, 0.3) is 5.57 Å². The van der Waals surface area contributed by atoms with Crippen molar-refractivity contribution in [2.24, 2.45) is 5.18 Å². The summed E-state index contributed by atoms with van der Waals surface area (Å²) in [5, 5.41) is 3.03. The Hall–Kier alpha value is -1.44. The predicted molar refractivity (Wildman–Crippen MR) is 60.0 cm³/mol. The molecule has 0 saturated heterocycles. The molecule has 0 N–H and O–H groups in total. The Morgan fingerprint density at radius 3 is 2.29 bits per heavy atom. The largest absolute Gasteiger partial charge is 0.150 e. The highest BCUT2D eigenvalue weighted by molar-refractivity contribution is 5.67. The zero-order chi connectivity index (χ0) is 10.6. The quantitative estimate of drug-likeness (QED) is 0.667. The van der Waals surface area contributed by atoms with Crippen LogP contribution in [0.5, 0.6) is 0 Å². The summed E-state index contributed by atoms with van der Waals surface area (Å²) >= 11 is 0. The molecule has 2 heteroatoms. The molecule has 0 aliphatic carbocycles. The molecular formula is C12H15NO. The summed E-state index contributed by atoms with van der Waals surface area (Å²) in [6.45, 7) is 5.79. The van der Waals surface area contributed by atoms with Crippen LogP contribution in [0.3, 0.4) is 0 Å². The van der Waals surface area contributed by atoms with Gasteiger partial charge in [0.2, 0.25) is 0 Å². The van der Waals surface area contributed by atoms with Crippen molar-refractivity contribution < 1.29 is 0 Å². The molecule has 0 aliphatic rings. The van der Waals surface area contributed by atoms with Crippen molar-refractivity contribution in [3.05, 3.63) is 46.4 Å². The molecule has 0 amide bonds. The van der Waals surface area contributed by atoms with E-state index in [0.717, 1.165) is 16.7 Å². The first-order valence-electron chi connectivity index (χ1n) is 4.72. The number of rotatable bonds is 3. The van der Waals surface area contributed by atoms with Gasteiger partial charge in [-0.1, -0.05) is 35.5 Å². The van der Waals surface area contributed by atoms with Gasteiger partial charge < -0.3 is 0 Å². The minimum absolute atomic E-state index is 0.241. The molecule has 1 aromatic rings. The number of nitroso groups, excluding NO2 is 1. The minimum atomic E-state index is -0.241. The lowest BCUT2D eigenvalue weighted by atomic mass is 9.99. The van der Waals surface area contributed by atoms with E-state index in [0.29, 0.717) is 0 Å². The van der Waals surface area contributed by atoms with Gasteiger partial charge in [0.15, 0.2) is 0 Å². The predicted octanol–water partition coefficient (Wildman–Crippen LogP) is 3.63. The SMILES string of the molecule is C/C(=C(\C)C(C)N=O)c1ccccc1. The maximum Gasteiger partial charge on any atom is 0.110 e. The molecule has 0 fully saturated rings. The fourth-order valence-electron chi connectivity index (χ4n) is 1.31. The smallest absolute Gasteiger partial charge is 0.110 e. The van der Waals surface area contributed by atoms with Crippen LogP contribution in [0.1, 0.15) is 26.3 Å². The molecule has 0 spiro atoms. The summed E-state index contributed by atoms with van der Waals surface area (Å²) in [6.07, 6.45) is 0. The van der Waals surface area contributed by atoms with Crippen LogP contribution in [0.15, 0.2) is 41.1 Å². The second kappa shape index (κ2) is 4.70. The fraction of sp³-hybridized carbons (Fsp3) is 0.333. The van der Waals surface area contributed by atoms with Gasteiger partial charge in [-0.15, -0.1) is 0 Å². The molecule has 1 rings (SSSR count). The van der Waals surface area contributed by atoms with E-state index in [1.54, 1.807) is 0 Å². The maximum atomic E-state index is 10.4. The molecule has 0 radical (unpaired) electrons. The van der Waals surface area contributed by atoms with E-state index in [2.05, 4.69) is 5.18 Å². The third-order valence-electron chi connectivity index (χ3n) is 2.58. The Morgan fingerprint density at radius 2 is 1.79 bits per heavy atom. The van der Waals surface area contributed by atoms with Crippen LogP contribution in [0, 0.1) is 4.91 Å². The molecule has 1 atom stereocenters. The molecule has 74 valence electrons. The minimum Gasteiger partial charge on any atom is -0.150 e. The Kier molecular flexibility index (Phi) is 3.57. The molecule has 0 heterocycles. The van der Waals surface area contributed by atoms with E-state index in [1.807, 2.05) is 51.1 Å². The number of hydrogen-bond donors (Lipinski definition) is 0. The third-order valence-corrected chi connectivity index (χ3v) is 2.58. The Labute approximate surface area is 84.6 Å². The number of benzene rings is 1. The topological polar surface area (TPSA) is 29.4 Å². The Morgan fingerprint density at radius 1 is 1.21 bits per heavy atom. The van der Waals surface area contributed by atoms with Gasteiger partial charge in [0.25, 0.3) is 0 Å². The summed E-state index contributed by atoms with van der Waals surface area (Å²) in [6, 6.07) is 9.80. The molecule has 0 aromatic heterocycles. The third kappa shape index (κ3) is 2.28. The molecule has 1 aromatic carbocycles. The summed E-state index contributed by atoms with van der Waals surface area (Å²) in [4.78, 5) is 10.4. The van der Waals surface area contributed by atoms with Gasteiger partial charge in [-0.05, 0) is 37.5 Å². The van der Waals surface area contributed by atoms with E-state index in [9.17, 15) is 4.91 Å². The van der Waals surface area contributed by atoms with Crippen molar-refractivity contribution >= 4 is 5.57 Å². The molecule has 2 nitrogen and oxygen atoms in total. The second-order valence-electron chi connectivity index (χ2n) is 3.46. The van der Waals surface area contributed by atoms with E-state index in [-0.39, 0.29) is 6.04 Å². The van der Waals surface area contributed by atoms with E-state index in [1.165, 1.54) is 0 Å². The number of nitrogens with zero attached hydrogens (tertiary/aromatic N) is 1. The number of allylic oxidation sites excluding steroid dienone is 1. The Balaban J connectivity index is 3.04.